The van der Waals surface area contributed by atoms with E-state index in [-0.39, 0.29) is 16.1 Å². The van der Waals surface area contributed by atoms with Crippen molar-refractivity contribution in [2.24, 2.45) is 7.05 Å². The molecule has 0 aliphatic heterocycles. The van der Waals surface area contributed by atoms with Crippen molar-refractivity contribution in [2.75, 3.05) is 4.72 Å². The molecule has 8 heteroatoms. The second-order valence-electron chi connectivity index (χ2n) is 3.76. The lowest BCUT2D eigenvalue weighted by Crippen LogP contribution is -2.12. The molecule has 0 unspecified atom stereocenters. The van der Waals surface area contributed by atoms with Gasteiger partial charge in [0.15, 0.2) is 0 Å². The van der Waals surface area contributed by atoms with E-state index in [2.05, 4.69) is 9.82 Å². The zero-order valence-corrected chi connectivity index (χ0v) is 10.6. The number of hydrogen-bond donors (Lipinski definition) is 1. The molecule has 19 heavy (non-hydrogen) atoms. The molecule has 0 spiro atoms. The number of nitriles is 1. The minimum Gasteiger partial charge on any atom is -0.279 e. The van der Waals surface area contributed by atoms with E-state index in [9.17, 15) is 12.8 Å². The molecule has 1 heterocycles. The maximum atomic E-state index is 13.1. The first kappa shape index (κ1) is 13.0. The zero-order chi connectivity index (χ0) is 14.0. The molecule has 2 rings (SSSR count). The average Bonchev–Trinajstić information content (AvgIpc) is 2.79. The van der Waals surface area contributed by atoms with E-state index >= 15 is 0 Å². The SMILES string of the molecule is Cn1cc(S(=O)(=O)Nc2ccc(F)c(C#N)c2)cn1. The van der Waals surface area contributed by atoms with Gasteiger partial charge in [-0.05, 0) is 18.2 Å². The quantitative estimate of drug-likeness (QED) is 0.916. The van der Waals surface area contributed by atoms with Gasteiger partial charge in [0.1, 0.15) is 16.8 Å². The first-order valence-corrected chi connectivity index (χ1v) is 6.62. The predicted octanol–water partition coefficient (Wildman–Crippen LogP) is 1.23. The highest BCUT2D eigenvalue weighted by molar-refractivity contribution is 7.92. The second-order valence-corrected chi connectivity index (χ2v) is 5.44. The standard InChI is InChI=1S/C11H9FN4O2S/c1-16-7-10(6-14-16)19(17,18)15-9-2-3-11(12)8(4-9)5-13/h2-4,6-7,15H,1H3. The summed E-state index contributed by atoms with van der Waals surface area (Å²) in [6, 6.07) is 5.03. The van der Waals surface area contributed by atoms with E-state index < -0.39 is 15.8 Å². The predicted molar refractivity (Wildman–Crippen MR) is 65.1 cm³/mol. The Morgan fingerprint density at radius 2 is 2.21 bits per heavy atom. The molecule has 0 fully saturated rings. The number of nitrogens with one attached hydrogen (secondary N) is 1. The number of nitrogens with zero attached hydrogens (tertiary/aromatic N) is 3. The van der Waals surface area contributed by atoms with E-state index in [4.69, 9.17) is 5.26 Å². The van der Waals surface area contributed by atoms with E-state index in [1.165, 1.54) is 23.1 Å². The molecule has 0 radical (unpaired) electrons. The summed E-state index contributed by atoms with van der Waals surface area (Å²) >= 11 is 0. The summed E-state index contributed by atoms with van der Waals surface area (Å²) < 4.78 is 40.6. The summed E-state index contributed by atoms with van der Waals surface area (Å²) in [5.74, 6) is -0.702. The Balaban J connectivity index is 2.34. The minimum absolute atomic E-state index is 0.0159. The molecule has 0 aliphatic carbocycles. The van der Waals surface area contributed by atoms with E-state index in [0.717, 1.165) is 12.1 Å². The average molecular weight is 280 g/mol. The lowest BCUT2D eigenvalue weighted by molar-refractivity contribution is 0.600. The molecule has 0 saturated carbocycles. The van der Waals surface area contributed by atoms with Gasteiger partial charge in [0, 0.05) is 13.2 Å². The number of aromatic nitrogens is 2. The Labute approximate surface area is 109 Å². The smallest absolute Gasteiger partial charge is 0.265 e. The molecule has 1 aromatic heterocycles. The monoisotopic (exact) mass is 280 g/mol. The van der Waals surface area contributed by atoms with Crippen LogP contribution in [-0.4, -0.2) is 18.2 Å². The van der Waals surface area contributed by atoms with Crippen LogP contribution in [-0.2, 0) is 17.1 Å². The number of aryl methyl sites for hydroxylation is 1. The van der Waals surface area contributed by atoms with Crippen molar-refractivity contribution in [3.63, 3.8) is 0 Å². The molecule has 0 aliphatic rings. The first-order chi connectivity index (χ1) is 8.92. The number of rotatable bonds is 3. The van der Waals surface area contributed by atoms with Crippen molar-refractivity contribution >= 4 is 15.7 Å². The van der Waals surface area contributed by atoms with Gasteiger partial charge >= 0.3 is 0 Å². The third kappa shape index (κ3) is 2.71. The van der Waals surface area contributed by atoms with Gasteiger partial charge in [0.05, 0.1) is 17.4 Å². The highest BCUT2D eigenvalue weighted by atomic mass is 32.2. The van der Waals surface area contributed by atoms with Gasteiger partial charge in [0.2, 0.25) is 0 Å². The van der Waals surface area contributed by atoms with Crippen LogP contribution in [0.3, 0.4) is 0 Å². The molecule has 0 amide bonds. The lowest BCUT2D eigenvalue weighted by Gasteiger charge is -2.06. The van der Waals surface area contributed by atoms with Gasteiger partial charge < -0.3 is 0 Å². The third-order valence-corrected chi connectivity index (χ3v) is 3.67. The number of anilines is 1. The van der Waals surface area contributed by atoms with Crippen LogP contribution in [0.25, 0.3) is 0 Å². The summed E-state index contributed by atoms with van der Waals surface area (Å²) in [4.78, 5) is -0.0159. The Morgan fingerprint density at radius 3 is 2.79 bits per heavy atom. The van der Waals surface area contributed by atoms with Crippen LogP contribution in [0, 0.1) is 17.1 Å². The van der Waals surface area contributed by atoms with Gasteiger partial charge in [-0.2, -0.15) is 10.4 Å². The molecule has 0 bridgehead atoms. The Morgan fingerprint density at radius 1 is 1.47 bits per heavy atom. The van der Waals surface area contributed by atoms with Crippen molar-refractivity contribution in [1.29, 1.82) is 5.26 Å². The number of sulfonamides is 1. The van der Waals surface area contributed by atoms with Gasteiger partial charge in [0.25, 0.3) is 10.0 Å². The summed E-state index contributed by atoms with van der Waals surface area (Å²) in [5, 5.41) is 12.4. The summed E-state index contributed by atoms with van der Waals surface area (Å²) in [6.45, 7) is 0. The number of halogens is 1. The van der Waals surface area contributed by atoms with E-state index in [1.807, 2.05) is 0 Å². The molecule has 0 saturated heterocycles. The van der Waals surface area contributed by atoms with Crippen molar-refractivity contribution in [1.82, 2.24) is 9.78 Å². The highest BCUT2D eigenvalue weighted by Crippen LogP contribution is 2.18. The van der Waals surface area contributed by atoms with E-state index in [1.54, 1.807) is 13.1 Å². The summed E-state index contributed by atoms with van der Waals surface area (Å²) in [6.07, 6.45) is 2.52. The van der Waals surface area contributed by atoms with Gasteiger partial charge in [-0.15, -0.1) is 0 Å². The van der Waals surface area contributed by atoms with Crippen LogP contribution < -0.4 is 4.72 Å². The molecule has 2 aromatic rings. The largest absolute Gasteiger partial charge is 0.279 e. The first-order valence-electron chi connectivity index (χ1n) is 5.13. The van der Waals surface area contributed by atoms with Crippen molar-refractivity contribution in [2.45, 2.75) is 4.90 Å². The fraction of sp³-hybridized carbons (Fsp3) is 0.0909. The molecule has 98 valence electrons. The lowest BCUT2D eigenvalue weighted by atomic mass is 10.2. The molecule has 6 nitrogen and oxygen atoms in total. The molecule has 0 atom stereocenters. The Kier molecular flexibility index (Phi) is 3.23. The van der Waals surface area contributed by atoms with Crippen molar-refractivity contribution in [3.8, 4) is 6.07 Å². The normalized spacial score (nSPS) is 11.0. The second kappa shape index (κ2) is 4.70. The van der Waals surface area contributed by atoms with E-state index in [0.29, 0.717) is 0 Å². The minimum atomic E-state index is -3.80. The topological polar surface area (TPSA) is 87.8 Å². The van der Waals surface area contributed by atoms with Crippen LogP contribution in [0.2, 0.25) is 0 Å². The maximum absolute atomic E-state index is 13.1. The van der Waals surface area contributed by atoms with Crippen molar-refractivity contribution in [3.05, 3.63) is 42.0 Å². The fourth-order valence-corrected chi connectivity index (χ4v) is 2.46. The number of hydrogen-bond acceptors (Lipinski definition) is 4. The Hall–Kier alpha value is -2.40. The molecule has 1 N–H and O–H groups in total. The maximum Gasteiger partial charge on any atom is 0.265 e. The van der Waals surface area contributed by atoms with Crippen LogP contribution in [0.5, 0.6) is 0 Å². The third-order valence-electron chi connectivity index (χ3n) is 2.33. The van der Waals surface area contributed by atoms with Gasteiger partial charge in [-0.1, -0.05) is 0 Å². The summed E-state index contributed by atoms with van der Waals surface area (Å²) in [7, 11) is -2.21. The number of benzene rings is 1. The highest BCUT2D eigenvalue weighted by Gasteiger charge is 2.16. The molecular weight excluding hydrogens is 271 g/mol. The van der Waals surface area contributed by atoms with Crippen LogP contribution >= 0.6 is 0 Å². The summed E-state index contributed by atoms with van der Waals surface area (Å²) in [5.41, 5.74) is -0.117. The Bertz CT molecular complexity index is 761. The van der Waals surface area contributed by atoms with Crippen LogP contribution in [0.15, 0.2) is 35.5 Å². The van der Waals surface area contributed by atoms with Gasteiger partial charge in [-0.3, -0.25) is 9.40 Å². The van der Waals surface area contributed by atoms with Gasteiger partial charge in [-0.25, -0.2) is 12.8 Å². The molecular formula is C11H9FN4O2S. The fourth-order valence-electron chi connectivity index (χ4n) is 1.43. The van der Waals surface area contributed by atoms with Crippen LogP contribution in [0.1, 0.15) is 5.56 Å². The van der Waals surface area contributed by atoms with Crippen LogP contribution in [0.4, 0.5) is 10.1 Å². The molecule has 1 aromatic carbocycles. The van der Waals surface area contributed by atoms with Crippen molar-refractivity contribution < 1.29 is 12.8 Å². The zero-order valence-electron chi connectivity index (χ0n) is 9.83.